The third-order valence-corrected chi connectivity index (χ3v) is 6.33. The molecule has 0 aliphatic carbocycles. The highest BCUT2D eigenvalue weighted by Crippen LogP contribution is 2.34. The van der Waals surface area contributed by atoms with Crippen molar-refractivity contribution in [3.05, 3.63) is 41.6 Å². The van der Waals surface area contributed by atoms with Crippen molar-refractivity contribution in [1.29, 1.82) is 0 Å². The summed E-state index contributed by atoms with van der Waals surface area (Å²) in [5, 5.41) is 3.18. The molecule has 2 N–H and O–H groups in total. The van der Waals surface area contributed by atoms with Crippen molar-refractivity contribution in [2.75, 3.05) is 15.8 Å². The van der Waals surface area contributed by atoms with Crippen LogP contribution in [0.4, 0.5) is 11.5 Å². The van der Waals surface area contributed by atoms with Crippen LogP contribution in [0.3, 0.4) is 0 Å². The average molecular weight is 384 g/mol. The third-order valence-electron chi connectivity index (χ3n) is 3.42. The van der Waals surface area contributed by atoms with Gasteiger partial charge in [0.2, 0.25) is 5.91 Å². The molecular formula is C15H14ClN3O3S2. The SMILES string of the molecule is CC1CSc2ccc(S(=O)(=O)Nc3ccc(Cl)cn3)cc2NC1=O. The molecule has 126 valence electrons. The maximum absolute atomic E-state index is 12.5. The molecule has 1 aliphatic heterocycles. The number of nitrogens with one attached hydrogen (secondary N) is 2. The fraction of sp³-hybridized carbons (Fsp3) is 0.200. The number of thioether (sulfide) groups is 1. The van der Waals surface area contributed by atoms with Crippen LogP contribution < -0.4 is 10.0 Å². The van der Waals surface area contributed by atoms with Gasteiger partial charge in [-0.05, 0) is 30.3 Å². The predicted molar refractivity (Wildman–Crippen MR) is 95.0 cm³/mol. The van der Waals surface area contributed by atoms with E-state index in [1.807, 2.05) is 6.92 Å². The second kappa shape index (κ2) is 6.62. The number of fused-ring (bicyclic) bond motifs is 1. The van der Waals surface area contributed by atoms with Crippen molar-refractivity contribution < 1.29 is 13.2 Å². The number of hydrogen-bond donors (Lipinski definition) is 2. The lowest BCUT2D eigenvalue weighted by Crippen LogP contribution is -2.20. The molecule has 24 heavy (non-hydrogen) atoms. The second-order valence-electron chi connectivity index (χ2n) is 5.33. The fourth-order valence-electron chi connectivity index (χ4n) is 2.08. The molecule has 1 aliphatic rings. The van der Waals surface area contributed by atoms with Crippen LogP contribution in [0.5, 0.6) is 0 Å². The minimum atomic E-state index is -3.82. The Morgan fingerprint density at radius 3 is 2.83 bits per heavy atom. The molecule has 1 aromatic carbocycles. The monoisotopic (exact) mass is 383 g/mol. The van der Waals surface area contributed by atoms with Gasteiger partial charge >= 0.3 is 0 Å². The standard InChI is InChI=1S/C15H14ClN3O3S2/c1-9-8-23-13-4-3-11(6-12(13)18-15(9)20)24(21,22)19-14-5-2-10(16)7-17-14/h2-7,9H,8H2,1H3,(H,17,19)(H,18,20). The molecule has 0 spiro atoms. The van der Waals surface area contributed by atoms with Crippen molar-refractivity contribution in [1.82, 2.24) is 4.98 Å². The second-order valence-corrected chi connectivity index (χ2v) is 8.51. The van der Waals surface area contributed by atoms with Crippen molar-refractivity contribution in [2.45, 2.75) is 16.7 Å². The number of aromatic nitrogens is 1. The number of anilines is 2. The Kier molecular flexibility index (Phi) is 4.71. The minimum Gasteiger partial charge on any atom is -0.325 e. The Morgan fingerprint density at radius 1 is 1.33 bits per heavy atom. The lowest BCUT2D eigenvalue weighted by atomic mass is 10.2. The van der Waals surface area contributed by atoms with Gasteiger partial charge in [0, 0.05) is 22.8 Å². The zero-order chi connectivity index (χ0) is 17.3. The number of pyridine rings is 1. The van der Waals surface area contributed by atoms with E-state index in [0.717, 1.165) is 4.90 Å². The summed E-state index contributed by atoms with van der Waals surface area (Å²) >= 11 is 7.26. The number of nitrogens with zero attached hydrogens (tertiary/aromatic N) is 1. The van der Waals surface area contributed by atoms with Gasteiger partial charge < -0.3 is 5.32 Å². The van der Waals surface area contributed by atoms with Gasteiger partial charge in [-0.1, -0.05) is 18.5 Å². The molecule has 0 saturated heterocycles. The third kappa shape index (κ3) is 3.66. The van der Waals surface area contributed by atoms with Crippen LogP contribution in [0.25, 0.3) is 0 Å². The molecule has 1 atom stereocenters. The number of rotatable bonds is 3. The number of benzene rings is 1. The van der Waals surface area contributed by atoms with Crippen molar-refractivity contribution in [3.8, 4) is 0 Å². The maximum Gasteiger partial charge on any atom is 0.263 e. The number of halogens is 1. The lowest BCUT2D eigenvalue weighted by Gasteiger charge is -2.11. The summed E-state index contributed by atoms with van der Waals surface area (Å²) in [6, 6.07) is 7.68. The van der Waals surface area contributed by atoms with Crippen LogP contribution in [-0.4, -0.2) is 25.1 Å². The number of amides is 1. The summed E-state index contributed by atoms with van der Waals surface area (Å²) in [5.74, 6) is 0.557. The lowest BCUT2D eigenvalue weighted by molar-refractivity contribution is -0.118. The van der Waals surface area contributed by atoms with E-state index in [1.165, 1.54) is 36.2 Å². The van der Waals surface area contributed by atoms with E-state index in [4.69, 9.17) is 11.6 Å². The van der Waals surface area contributed by atoms with Crippen LogP contribution in [0.2, 0.25) is 5.02 Å². The fourth-order valence-corrected chi connectivity index (χ4v) is 4.24. The van der Waals surface area contributed by atoms with Gasteiger partial charge in [0.05, 0.1) is 15.6 Å². The van der Waals surface area contributed by atoms with Crippen LogP contribution in [-0.2, 0) is 14.8 Å². The first-order valence-corrected chi connectivity index (χ1v) is 9.92. The molecule has 1 amide bonds. The molecule has 9 heteroatoms. The predicted octanol–water partition coefficient (Wildman–Crippen LogP) is 3.22. The number of sulfonamides is 1. The van der Waals surface area contributed by atoms with Crippen LogP contribution >= 0.6 is 23.4 Å². The Bertz CT molecular complexity index is 885. The quantitative estimate of drug-likeness (QED) is 0.849. The molecular weight excluding hydrogens is 370 g/mol. The molecule has 0 fully saturated rings. The summed E-state index contributed by atoms with van der Waals surface area (Å²) in [4.78, 5) is 16.8. The van der Waals surface area contributed by atoms with E-state index in [9.17, 15) is 13.2 Å². The van der Waals surface area contributed by atoms with E-state index in [1.54, 1.807) is 12.1 Å². The van der Waals surface area contributed by atoms with Crippen LogP contribution in [0, 0.1) is 5.92 Å². The van der Waals surface area contributed by atoms with E-state index >= 15 is 0 Å². The molecule has 0 bridgehead atoms. The molecule has 6 nitrogen and oxygen atoms in total. The molecule has 1 unspecified atom stereocenters. The van der Waals surface area contributed by atoms with Gasteiger partial charge in [-0.3, -0.25) is 9.52 Å². The molecule has 1 aromatic heterocycles. The van der Waals surface area contributed by atoms with Gasteiger partial charge in [-0.25, -0.2) is 13.4 Å². The summed E-state index contributed by atoms with van der Waals surface area (Å²) in [5.41, 5.74) is 0.501. The maximum atomic E-state index is 12.5. The molecule has 2 heterocycles. The van der Waals surface area contributed by atoms with Crippen molar-refractivity contribution in [2.24, 2.45) is 5.92 Å². The van der Waals surface area contributed by atoms with E-state index in [-0.39, 0.29) is 22.5 Å². The van der Waals surface area contributed by atoms with Crippen molar-refractivity contribution >= 4 is 50.8 Å². The Balaban J connectivity index is 1.90. The molecule has 0 saturated carbocycles. The van der Waals surface area contributed by atoms with Crippen LogP contribution in [0.1, 0.15) is 6.92 Å². The van der Waals surface area contributed by atoms with E-state index in [2.05, 4.69) is 15.0 Å². The van der Waals surface area contributed by atoms with Crippen LogP contribution in [0.15, 0.2) is 46.3 Å². The zero-order valence-electron chi connectivity index (χ0n) is 12.6. The first-order chi connectivity index (χ1) is 11.3. The Morgan fingerprint density at radius 2 is 2.12 bits per heavy atom. The summed E-state index contributed by atoms with van der Waals surface area (Å²) in [6.45, 7) is 1.83. The topological polar surface area (TPSA) is 88.2 Å². The molecule has 3 rings (SSSR count). The zero-order valence-corrected chi connectivity index (χ0v) is 15.0. The van der Waals surface area contributed by atoms with Gasteiger partial charge in [-0.15, -0.1) is 11.8 Å². The Hall–Kier alpha value is -1.77. The van der Waals surface area contributed by atoms with Gasteiger partial charge in [0.1, 0.15) is 5.82 Å². The highest BCUT2D eigenvalue weighted by Gasteiger charge is 2.23. The van der Waals surface area contributed by atoms with Crippen molar-refractivity contribution in [3.63, 3.8) is 0 Å². The number of hydrogen-bond acceptors (Lipinski definition) is 5. The first kappa shape index (κ1) is 17.1. The minimum absolute atomic E-state index is 0.0495. The Labute approximate surface area is 149 Å². The van der Waals surface area contributed by atoms with Gasteiger partial charge in [-0.2, -0.15) is 0 Å². The summed E-state index contributed by atoms with van der Waals surface area (Å²) in [6.07, 6.45) is 1.36. The number of carbonyl (C=O) groups is 1. The molecule has 2 aromatic rings. The normalized spacial score (nSPS) is 17.6. The summed E-state index contributed by atoms with van der Waals surface area (Å²) < 4.78 is 27.4. The summed E-state index contributed by atoms with van der Waals surface area (Å²) in [7, 11) is -3.82. The molecule has 0 radical (unpaired) electrons. The van der Waals surface area contributed by atoms with E-state index in [0.29, 0.717) is 16.5 Å². The van der Waals surface area contributed by atoms with Gasteiger partial charge in [0.25, 0.3) is 10.0 Å². The van der Waals surface area contributed by atoms with E-state index < -0.39 is 10.0 Å². The smallest absolute Gasteiger partial charge is 0.263 e. The largest absolute Gasteiger partial charge is 0.325 e. The van der Waals surface area contributed by atoms with Gasteiger partial charge in [0.15, 0.2) is 0 Å². The highest BCUT2D eigenvalue weighted by molar-refractivity contribution is 7.99. The highest BCUT2D eigenvalue weighted by atomic mass is 35.5. The number of carbonyl (C=O) groups excluding carboxylic acids is 1. The first-order valence-electron chi connectivity index (χ1n) is 7.07. The average Bonchev–Trinajstić information content (AvgIpc) is 2.68.